The molecule has 0 bridgehead atoms. The van der Waals surface area contributed by atoms with E-state index in [1.165, 1.54) is 24.3 Å². The lowest BCUT2D eigenvalue weighted by molar-refractivity contribution is -0.383. The number of nitro benzene ring substituents is 1. The van der Waals surface area contributed by atoms with Crippen LogP contribution >= 0.6 is 0 Å². The average Bonchev–Trinajstić information content (AvgIpc) is 2.96. The van der Waals surface area contributed by atoms with Crippen molar-refractivity contribution in [3.63, 3.8) is 0 Å². The predicted octanol–water partition coefficient (Wildman–Crippen LogP) is 1.68. The summed E-state index contributed by atoms with van der Waals surface area (Å²) in [6.07, 6.45) is 0. The minimum absolute atomic E-state index is 0.0133. The molecule has 3 rings (SSSR count). The van der Waals surface area contributed by atoms with E-state index in [9.17, 15) is 24.5 Å². The van der Waals surface area contributed by atoms with Crippen molar-refractivity contribution in [3.05, 3.63) is 69.2 Å². The first-order chi connectivity index (χ1) is 13.0. The number of para-hydroxylation sites is 4. The molecule has 0 spiro atoms. The highest BCUT2D eigenvalue weighted by molar-refractivity contribution is 5.94. The van der Waals surface area contributed by atoms with Crippen LogP contribution in [0, 0.1) is 10.1 Å². The summed E-state index contributed by atoms with van der Waals surface area (Å²) >= 11 is 0. The van der Waals surface area contributed by atoms with Crippen LogP contribution in [0.2, 0.25) is 0 Å². The topological polar surface area (TPSA) is 134 Å². The quantitative estimate of drug-likeness (QED) is 0.396. The maximum Gasteiger partial charge on any atom is 0.420 e. The van der Waals surface area contributed by atoms with Gasteiger partial charge in [-0.25, -0.2) is 4.79 Å². The van der Waals surface area contributed by atoms with Crippen molar-refractivity contribution in [2.45, 2.75) is 6.54 Å². The minimum atomic E-state index is -0.832. The fraction of sp³-hybridized carbons (Fsp3) is 0.118. The van der Waals surface area contributed by atoms with Crippen molar-refractivity contribution in [3.8, 4) is 0 Å². The lowest BCUT2D eigenvalue weighted by Gasteiger charge is -2.07. The van der Waals surface area contributed by atoms with Gasteiger partial charge in [0.15, 0.2) is 12.2 Å². The van der Waals surface area contributed by atoms with Gasteiger partial charge in [-0.15, -0.1) is 0 Å². The van der Waals surface area contributed by atoms with Crippen molar-refractivity contribution >= 4 is 34.4 Å². The Bertz CT molecular complexity index is 1080. The van der Waals surface area contributed by atoms with Crippen molar-refractivity contribution < 1.29 is 23.7 Å². The molecule has 1 aromatic heterocycles. The van der Waals surface area contributed by atoms with Crippen LogP contribution < -0.4 is 11.1 Å². The van der Waals surface area contributed by atoms with Crippen LogP contribution in [0.5, 0.6) is 0 Å². The first kappa shape index (κ1) is 17.9. The van der Waals surface area contributed by atoms with Gasteiger partial charge in [-0.3, -0.25) is 24.3 Å². The fourth-order valence-electron chi connectivity index (χ4n) is 2.41. The maximum atomic E-state index is 11.9. The summed E-state index contributed by atoms with van der Waals surface area (Å²) < 4.78 is 10.9. The monoisotopic (exact) mass is 371 g/mol. The van der Waals surface area contributed by atoms with Crippen LogP contribution in [0.4, 0.5) is 11.4 Å². The third kappa shape index (κ3) is 4.00. The van der Waals surface area contributed by atoms with E-state index in [1.54, 1.807) is 24.3 Å². The standard InChI is InChI=1S/C17H13N3O7/c21-15(18-11-5-1-2-6-12(11)20(24)25)10-26-16(22)9-19-13-7-3-4-8-14(13)27-17(19)23/h1-8H,9-10H2,(H,18,21). The number of anilines is 1. The van der Waals surface area contributed by atoms with Crippen molar-refractivity contribution in [1.82, 2.24) is 4.57 Å². The molecule has 0 fully saturated rings. The number of fused-ring (bicyclic) bond motifs is 1. The maximum absolute atomic E-state index is 11.9. The second-order valence-electron chi connectivity index (χ2n) is 5.40. The van der Waals surface area contributed by atoms with E-state index >= 15 is 0 Å². The molecule has 0 radical (unpaired) electrons. The normalized spacial score (nSPS) is 10.5. The number of hydrogen-bond donors (Lipinski definition) is 1. The number of ether oxygens (including phenoxy) is 1. The molecule has 10 nitrogen and oxygen atoms in total. The smallest absolute Gasteiger partial charge is 0.420 e. The van der Waals surface area contributed by atoms with E-state index in [0.717, 1.165) is 4.57 Å². The first-order valence-electron chi connectivity index (χ1n) is 7.73. The summed E-state index contributed by atoms with van der Waals surface area (Å²) in [6, 6.07) is 12.1. The molecule has 0 unspecified atom stereocenters. The predicted molar refractivity (Wildman–Crippen MR) is 93.2 cm³/mol. The molecule has 1 amide bonds. The third-order valence-electron chi connectivity index (χ3n) is 3.60. The molecule has 10 heteroatoms. The number of nitrogens with zero attached hydrogens (tertiary/aromatic N) is 2. The lowest BCUT2D eigenvalue weighted by atomic mass is 10.2. The lowest BCUT2D eigenvalue weighted by Crippen LogP contribution is -2.26. The van der Waals surface area contributed by atoms with Gasteiger partial charge in [0.25, 0.3) is 11.6 Å². The van der Waals surface area contributed by atoms with Gasteiger partial charge in [-0.2, -0.15) is 0 Å². The van der Waals surface area contributed by atoms with Crippen LogP contribution in [0.25, 0.3) is 11.1 Å². The highest BCUT2D eigenvalue weighted by Gasteiger charge is 2.17. The number of carbonyl (C=O) groups excluding carboxylic acids is 2. The van der Waals surface area contributed by atoms with Gasteiger partial charge in [0.1, 0.15) is 12.2 Å². The summed E-state index contributed by atoms with van der Waals surface area (Å²) in [6.45, 7) is -1.09. The number of rotatable bonds is 6. The van der Waals surface area contributed by atoms with E-state index in [1.807, 2.05) is 0 Å². The number of aromatic nitrogens is 1. The fourth-order valence-corrected chi connectivity index (χ4v) is 2.41. The molecular formula is C17H13N3O7. The summed E-state index contributed by atoms with van der Waals surface area (Å²) in [5.74, 6) is -2.30. The molecule has 0 atom stereocenters. The average molecular weight is 371 g/mol. The minimum Gasteiger partial charge on any atom is -0.454 e. The summed E-state index contributed by atoms with van der Waals surface area (Å²) in [5, 5.41) is 13.2. The highest BCUT2D eigenvalue weighted by atomic mass is 16.6. The number of carbonyl (C=O) groups is 2. The van der Waals surface area contributed by atoms with Gasteiger partial charge in [0.05, 0.1) is 10.4 Å². The SMILES string of the molecule is O=C(COC(=O)Cn1c(=O)oc2ccccc21)Nc1ccccc1[N+](=O)[O-]. The van der Waals surface area contributed by atoms with Crippen LogP contribution in [-0.4, -0.2) is 28.0 Å². The number of hydrogen-bond acceptors (Lipinski definition) is 7. The molecule has 3 aromatic rings. The van der Waals surface area contributed by atoms with Crippen molar-refractivity contribution in [2.75, 3.05) is 11.9 Å². The van der Waals surface area contributed by atoms with E-state index in [4.69, 9.17) is 9.15 Å². The number of nitro groups is 1. The zero-order valence-corrected chi connectivity index (χ0v) is 13.8. The van der Waals surface area contributed by atoms with Gasteiger partial charge in [0, 0.05) is 6.07 Å². The van der Waals surface area contributed by atoms with E-state index in [0.29, 0.717) is 11.1 Å². The Kier molecular flexibility index (Phi) is 4.97. The molecule has 27 heavy (non-hydrogen) atoms. The zero-order chi connectivity index (χ0) is 19.4. The molecule has 0 saturated heterocycles. The van der Waals surface area contributed by atoms with E-state index in [2.05, 4.69) is 5.32 Å². The molecule has 0 aliphatic heterocycles. The molecule has 1 heterocycles. The number of nitrogens with one attached hydrogen (secondary N) is 1. The number of esters is 1. The van der Waals surface area contributed by atoms with Crippen LogP contribution in [0.15, 0.2) is 57.7 Å². The molecule has 138 valence electrons. The Balaban J connectivity index is 1.61. The summed E-state index contributed by atoms with van der Waals surface area (Å²) in [4.78, 5) is 45.9. The van der Waals surface area contributed by atoms with E-state index < -0.39 is 35.7 Å². The van der Waals surface area contributed by atoms with Crippen LogP contribution in [0.1, 0.15) is 0 Å². The Morgan fingerprint density at radius 1 is 1.15 bits per heavy atom. The molecule has 2 aromatic carbocycles. The van der Waals surface area contributed by atoms with Gasteiger partial charge in [-0.05, 0) is 18.2 Å². The second-order valence-corrected chi connectivity index (χ2v) is 5.40. The van der Waals surface area contributed by atoms with Crippen LogP contribution in [-0.2, 0) is 20.9 Å². The third-order valence-corrected chi connectivity index (χ3v) is 3.60. The molecule has 0 saturated carbocycles. The number of benzene rings is 2. The summed E-state index contributed by atoms with van der Waals surface area (Å²) in [7, 11) is 0. The molecule has 1 N–H and O–H groups in total. The molecule has 0 aliphatic rings. The van der Waals surface area contributed by atoms with Gasteiger partial charge < -0.3 is 14.5 Å². The largest absolute Gasteiger partial charge is 0.454 e. The Morgan fingerprint density at radius 3 is 2.63 bits per heavy atom. The Labute approximate surface area is 151 Å². The van der Waals surface area contributed by atoms with Crippen molar-refractivity contribution in [2.24, 2.45) is 0 Å². The zero-order valence-electron chi connectivity index (χ0n) is 13.8. The van der Waals surface area contributed by atoms with E-state index in [-0.39, 0.29) is 11.4 Å². The second kappa shape index (κ2) is 7.52. The highest BCUT2D eigenvalue weighted by Crippen LogP contribution is 2.22. The molecular weight excluding hydrogens is 358 g/mol. The Morgan fingerprint density at radius 2 is 1.85 bits per heavy atom. The number of amides is 1. The summed E-state index contributed by atoms with van der Waals surface area (Å²) in [5.41, 5.74) is 0.447. The van der Waals surface area contributed by atoms with Gasteiger partial charge in [0.2, 0.25) is 0 Å². The van der Waals surface area contributed by atoms with Gasteiger partial charge in [-0.1, -0.05) is 24.3 Å². The van der Waals surface area contributed by atoms with Gasteiger partial charge >= 0.3 is 11.7 Å². The first-order valence-corrected chi connectivity index (χ1v) is 7.73. The Hall–Kier alpha value is -3.95. The van der Waals surface area contributed by atoms with Crippen molar-refractivity contribution in [1.29, 1.82) is 0 Å². The van der Waals surface area contributed by atoms with Crippen LogP contribution in [0.3, 0.4) is 0 Å². The molecule has 0 aliphatic carbocycles. The number of oxazole rings is 1.